The maximum atomic E-state index is 13.8. The van der Waals surface area contributed by atoms with Crippen molar-refractivity contribution in [3.63, 3.8) is 0 Å². The summed E-state index contributed by atoms with van der Waals surface area (Å²) in [4.78, 5) is 13.1. The van der Waals surface area contributed by atoms with Crippen molar-refractivity contribution in [1.82, 2.24) is 24.6 Å². The molecule has 0 aliphatic carbocycles. The minimum atomic E-state index is -4.67. The molecule has 1 aromatic carbocycles. The second-order valence-electron chi connectivity index (χ2n) is 9.62. The SMILES string of the molecule is C[C@H](c1ccc(Cl)cc1Cl)n1nc(C(F)(F)F)c2ncc(N3CC(C4CCCN(CCO)C4)C3)nc21. The molecule has 2 fully saturated rings. The number of piperidine rings is 1. The highest BCUT2D eigenvalue weighted by atomic mass is 35.5. The lowest BCUT2D eigenvalue weighted by molar-refractivity contribution is -0.140. The minimum Gasteiger partial charge on any atom is -0.395 e. The third-order valence-corrected chi connectivity index (χ3v) is 7.86. The third kappa shape index (κ3) is 4.88. The van der Waals surface area contributed by atoms with Gasteiger partial charge in [-0.15, -0.1) is 0 Å². The first kappa shape index (κ1) is 25.5. The van der Waals surface area contributed by atoms with Crippen LogP contribution < -0.4 is 4.90 Å². The van der Waals surface area contributed by atoms with Crippen LogP contribution in [0.25, 0.3) is 11.2 Å². The average molecular weight is 543 g/mol. The summed E-state index contributed by atoms with van der Waals surface area (Å²) in [6.07, 6.45) is -1.02. The Balaban J connectivity index is 1.42. The summed E-state index contributed by atoms with van der Waals surface area (Å²) in [5, 5.41) is 13.9. The first-order valence-corrected chi connectivity index (χ1v) is 12.8. The number of hydrogen-bond acceptors (Lipinski definition) is 6. The Hall–Kier alpha value is -2.14. The number of rotatable bonds is 6. The lowest BCUT2D eigenvalue weighted by Gasteiger charge is -2.47. The zero-order valence-corrected chi connectivity index (χ0v) is 21.2. The van der Waals surface area contributed by atoms with Crippen molar-refractivity contribution in [1.29, 1.82) is 0 Å². The summed E-state index contributed by atoms with van der Waals surface area (Å²) >= 11 is 12.3. The van der Waals surface area contributed by atoms with Crippen LogP contribution in [0.5, 0.6) is 0 Å². The third-order valence-electron chi connectivity index (χ3n) is 7.30. The second kappa shape index (κ2) is 9.96. The molecule has 2 saturated heterocycles. The molecule has 0 amide bonds. The highest BCUT2D eigenvalue weighted by Gasteiger charge is 2.40. The number of halogens is 5. The van der Waals surface area contributed by atoms with Crippen LogP contribution in [0.2, 0.25) is 10.0 Å². The van der Waals surface area contributed by atoms with Gasteiger partial charge in [0, 0.05) is 36.2 Å². The Labute approximate surface area is 216 Å². The molecular weight excluding hydrogens is 516 g/mol. The van der Waals surface area contributed by atoms with Gasteiger partial charge in [0.15, 0.2) is 11.3 Å². The molecular formula is C24H27Cl2F3N6O. The van der Waals surface area contributed by atoms with Crippen molar-refractivity contribution in [3.05, 3.63) is 45.7 Å². The number of aliphatic hydroxyl groups excluding tert-OH is 1. The fourth-order valence-corrected chi connectivity index (χ4v) is 5.87. The Morgan fingerprint density at radius 1 is 1.17 bits per heavy atom. The van der Waals surface area contributed by atoms with Crippen molar-refractivity contribution in [2.45, 2.75) is 32.0 Å². The molecule has 12 heteroatoms. The molecule has 1 unspecified atom stereocenters. The molecule has 1 N–H and O–H groups in total. The van der Waals surface area contributed by atoms with E-state index < -0.39 is 17.9 Å². The monoisotopic (exact) mass is 542 g/mol. The van der Waals surface area contributed by atoms with E-state index in [4.69, 9.17) is 23.2 Å². The predicted octanol–water partition coefficient (Wildman–Crippen LogP) is 4.90. The van der Waals surface area contributed by atoms with Gasteiger partial charge >= 0.3 is 6.18 Å². The smallest absolute Gasteiger partial charge is 0.395 e. The largest absolute Gasteiger partial charge is 0.437 e. The fraction of sp³-hybridized carbons (Fsp3) is 0.542. The van der Waals surface area contributed by atoms with Crippen LogP contribution in [-0.2, 0) is 6.18 Å². The van der Waals surface area contributed by atoms with E-state index >= 15 is 0 Å². The van der Waals surface area contributed by atoms with Crippen LogP contribution in [0.4, 0.5) is 19.0 Å². The molecule has 7 nitrogen and oxygen atoms in total. The summed E-state index contributed by atoms with van der Waals surface area (Å²) in [5.74, 6) is 1.55. The molecule has 0 radical (unpaired) electrons. The molecule has 36 heavy (non-hydrogen) atoms. The molecule has 194 valence electrons. The maximum absolute atomic E-state index is 13.8. The van der Waals surface area contributed by atoms with E-state index in [0.717, 1.165) is 39.0 Å². The first-order chi connectivity index (χ1) is 17.2. The highest BCUT2D eigenvalue weighted by Crippen LogP contribution is 2.38. The van der Waals surface area contributed by atoms with Gasteiger partial charge in [-0.2, -0.15) is 18.3 Å². The number of hydrogen-bond donors (Lipinski definition) is 1. The number of aromatic nitrogens is 4. The number of anilines is 1. The van der Waals surface area contributed by atoms with Gasteiger partial charge in [-0.05, 0) is 55.8 Å². The number of aliphatic hydroxyl groups is 1. The summed E-state index contributed by atoms with van der Waals surface area (Å²) in [5.41, 5.74) is -0.706. The number of fused-ring (bicyclic) bond motifs is 1. The van der Waals surface area contributed by atoms with E-state index in [-0.39, 0.29) is 17.8 Å². The molecule has 2 aromatic heterocycles. The predicted molar refractivity (Wildman–Crippen MR) is 133 cm³/mol. The molecule has 4 heterocycles. The summed E-state index contributed by atoms with van der Waals surface area (Å²) < 4.78 is 42.6. The molecule has 5 rings (SSSR count). The Morgan fingerprint density at radius 2 is 1.94 bits per heavy atom. The zero-order chi connectivity index (χ0) is 25.6. The van der Waals surface area contributed by atoms with E-state index in [0.29, 0.717) is 39.8 Å². The first-order valence-electron chi connectivity index (χ1n) is 12.0. The number of likely N-dealkylation sites (tertiary alicyclic amines) is 1. The van der Waals surface area contributed by atoms with E-state index in [1.54, 1.807) is 25.1 Å². The van der Waals surface area contributed by atoms with Crippen LogP contribution in [0.15, 0.2) is 24.4 Å². The van der Waals surface area contributed by atoms with Crippen LogP contribution in [-0.4, -0.2) is 69.1 Å². The van der Waals surface area contributed by atoms with Crippen LogP contribution in [0.3, 0.4) is 0 Å². The topological polar surface area (TPSA) is 70.3 Å². The summed E-state index contributed by atoms with van der Waals surface area (Å²) in [6.45, 7) is 6.09. The van der Waals surface area contributed by atoms with Gasteiger partial charge in [-0.25, -0.2) is 14.6 Å². The van der Waals surface area contributed by atoms with Crippen molar-refractivity contribution in [3.8, 4) is 0 Å². The van der Waals surface area contributed by atoms with Crippen LogP contribution in [0, 0.1) is 11.8 Å². The van der Waals surface area contributed by atoms with Crippen molar-refractivity contribution < 1.29 is 18.3 Å². The average Bonchev–Trinajstić information content (AvgIpc) is 3.18. The lowest BCUT2D eigenvalue weighted by atomic mass is 9.80. The van der Waals surface area contributed by atoms with Crippen molar-refractivity contribution in [2.75, 3.05) is 44.2 Å². The lowest BCUT2D eigenvalue weighted by Crippen LogP contribution is -2.54. The summed E-state index contributed by atoms with van der Waals surface area (Å²) in [6, 6.07) is 4.24. The molecule has 2 aliphatic heterocycles. The standard InChI is InChI=1S/C24H27Cl2F3N6O/c1-14(18-5-4-17(25)9-19(18)26)35-23-21(22(32-35)24(27,28)29)30-10-20(31-23)34-12-16(13-34)15-3-2-6-33(11-15)7-8-36/h4-5,9-10,14-16,36H,2-3,6-8,11-13H2,1H3/t14-,15?/m1/s1. The van der Waals surface area contributed by atoms with Gasteiger partial charge in [-0.1, -0.05) is 29.3 Å². The van der Waals surface area contributed by atoms with Gasteiger partial charge in [0.2, 0.25) is 0 Å². The highest BCUT2D eigenvalue weighted by molar-refractivity contribution is 6.35. The van der Waals surface area contributed by atoms with Gasteiger partial charge < -0.3 is 14.9 Å². The van der Waals surface area contributed by atoms with Gasteiger partial charge in [0.1, 0.15) is 11.3 Å². The Kier molecular flexibility index (Phi) is 7.06. The Morgan fingerprint density at radius 3 is 2.64 bits per heavy atom. The van der Waals surface area contributed by atoms with Crippen LogP contribution >= 0.6 is 23.2 Å². The van der Waals surface area contributed by atoms with Gasteiger partial charge in [-0.3, -0.25) is 0 Å². The van der Waals surface area contributed by atoms with E-state index in [2.05, 4.69) is 20.0 Å². The number of alkyl halides is 3. The quantitative estimate of drug-likeness (QED) is 0.477. The second-order valence-corrected chi connectivity index (χ2v) is 10.5. The zero-order valence-electron chi connectivity index (χ0n) is 19.7. The molecule has 3 aromatic rings. The number of benzene rings is 1. The van der Waals surface area contributed by atoms with Crippen LogP contribution in [0.1, 0.15) is 37.1 Å². The van der Waals surface area contributed by atoms with Gasteiger partial charge in [0.05, 0.1) is 18.8 Å². The molecule has 2 aliphatic rings. The van der Waals surface area contributed by atoms with Crippen molar-refractivity contribution >= 4 is 40.2 Å². The Bertz CT molecular complexity index is 1240. The van der Waals surface area contributed by atoms with Crippen molar-refractivity contribution in [2.24, 2.45) is 11.8 Å². The maximum Gasteiger partial charge on any atom is 0.437 e. The fourth-order valence-electron chi connectivity index (χ4n) is 5.30. The number of β-amino-alcohol motifs (C(OH)–C–C–N with tert-alkyl or cyclic N) is 1. The van der Waals surface area contributed by atoms with E-state index in [9.17, 15) is 18.3 Å². The van der Waals surface area contributed by atoms with Gasteiger partial charge in [0.25, 0.3) is 0 Å². The normalized spacial score (nSPS) is 20.6. The molecule has 2 atom stereocenters. The van der Waals surface area contributed by atoms with E-state index in [1.807, 2.05) is 4.90 Å². The minimum absolute atomic E-state index is 0.0635. The summed E-state index contributed by atoms with van der Waals surface area (Å²) in [7, 11) is 0. The molecule has 0 saturated carbocycles. The van der Waals surface area contributed by atoms with E-state index in [1.165, 1.54) is 10.9 Å². The number of nitrogens with zero attached hydrogens (tertiary/aromatic N) is 6. The molecule has 0 spiro atoms. The molecule has 0 bridgehead atoms.